The summed E-state index contributed by atoms with van der Waals surface area (Å²) in [7, 11) is -1.93. The van der Waals surface area contributed by atoms with Gasteiger partial charge in [-0.1, -0.05) is 31.2 Å². The number of nitrogens with zero attached hydrogens (tertiary/aromatic N) is 1. The maximum Gasteiger partial charge on any atom is 0.306 e. The highest BCUT2D eigenvalue weighted by atomic mass is 32.2. The Hall–Kier alpha value is -2.38. The third-order valence-electron chi connectivity index (χ3n) is 4.22. The highest BCUT2D eigenvalue weighted by Crippen LogP contribution is 2.17. The van der Waals surface area contributed by atoms with Gasteiger partial charge in [0, 0.05) is 32.4 Å². The lowest BCUT2D eigenvalue weighted by Gasteiger charge is -2.23. The number of carbonyl (C=O) groups is 1. The second-order valence-corrected chi connectivity index (χ2v) is 8.13. The highest BCUT2D eigenvalue weighted by molar-refractivity contribution is 7.86. The van der Waals surface area contributed by atoms with Crippen molar-refractivity contribution in [3.63, 3.8) is 0 Å². The molecule has 0 aliphatic carbocycles. The minimum absolute atomic E-state index is 0.0461. The molecule has 2 rings (SSSR count). The zero-order chi connectivity index (χ0) is 20.6. The molecule has 7 heteroatoms. The van der Waals surface area contributed by atoms with E-state index in [0.29, 0.717) is 25.3 Å². The predicted molar refractivity (Wildman–Crippen MR) is 109 cm³/mol. The van der Waals surface area contributed by atoms with Gasteiger partial charge in [-0.25, -0.2) is 0 Å². The van der Waals surface area contributed by atoms with Crippen LogP contribution in [-0.2, 0) is 27.8 Å². The Morgan fingerprint density at radius 3 is 2.14 bits per heavy atom. The van der Waals surface area contributed by atoms with E-state index in [1.165, 1.54) is 5.56 Å². The monoisotopic (exact) mass is 405 g/mol. The van der Waals surface area contributed by atoms with E-state index < -0.39 is 10.1 Å². The van der Waals surface area contributed by atoms with Gasteiger partial charge in [-0.3, -0.25) is 4.79 Å². The molecule has 2 aromatic rings. The molecule has 1 amide bonds. The molecule has 0 aromatic heterocycles. The summed E-state index contributed by atoms with van der Waals surface area (Å²) in [4.78, 5) is 14.7. The van der Waals surface area contributed by atoms with Crippen molar-refractivity contribution < 1.29 is 22.1 Å². The maximum absolute atomic E-state index is 13.0. The van der Waals surface area contributed by atoms with E-state index in [1.54, 1.807) is 36.3 Å². The largest absolute Gasteiger partial charge is 0.385 e. The number of hydrogen-bond donors (Lipinski definition) is 0. The smallest absolute Gasteiger partial charge is 0.306 e. The Labute approximate surface area is 167 Å². The summed E-state index contributed by atoms with van der Waals surface area (Å²) in [5, 5.41) is 0. The lowest BCUT2D eigenvalue weighted by molar-refractivity contribution is 0.0723. The standard InChI is InChI=1S/C21H27NO5S/c1-4-17-6-10-19(11-7-17)21(23)22(14-5-15-26-2)16-18-8-12-20(13-9-18)27-28(3,24)25/h6-13H,4-5,14-16H2,1-3H3. The van der Waals surface area contributed by atoms with Crippen LogP contribution in [0.3, 0.4) is 0 Å². The van der Waals surface area contributed by atoms with Crippen LogP contribution in [0.5, 0.6) is 5.75 Å². The molecule has 0 aliphatic heterocycles. The molecule has 0 saturated heterocycles. The fourth-order valence-corrected chi connectivity index (χ4v) is 3.22. The summed E-state index contributed by atoms with van der Waals surface area (Å²) < 4.78 is 32.4. The van der Waals surface area contributed by atoms with Gasteiger partial charge in [0.05, 0.1) is 6.26 Å². The fourth-order valence-electron chi connectivity index (χ4n) is 2.76. The molecule has 152 valence electrons. The van der Waals surface area contributed by atoms with Gasteiger partial charge in [-0.05, 0) is 48.2 Å². The molecule has 2 aromatic carbocycles. The Morgan fingerprint density at radius 2 is 1.61 bits per heavy atom. The first kappa shape index (κ1) is 21.9. The average molecular weight is 406 g/mol. The number of carbonyl (C=O) groups excluding carboxylic acids is 1. The second-order valence-electron chi connectivity index (χ2n) is 6.55. The van der Waals surface area contributed by atoms with Crippen LogP contribution >= 0.6 is 0 Å². The molecule has 0 atom stereocenters. The molecule has 28 heavy (non-hydrogen) atoms. The number of benzene rings is 2. The lowest BCUT2D eigenvalue weighted by Crippen LogP contribution is -2.32. The number of hydrogen-bond acceptors (Lipinski definition) is 5. The summed E-state index contributed by atoms with van der Waals surface area (Å²) >= 11 is 0. The van der Waals surface area contributed by atoms with Crippen LogP contribution in [0, 0.1) is 0 Å². The molecule has 0 bridgehead atoms. The van der Waals surface area contributed by atoms with Crippen molar-refractivity contribution in [1.82, 2.24) is 4.90 Å². The number of ether oxygens (including phenoxy) is 1. The van der Waals surface area contributed by atoms with Crippen molar-refractivity contribution in [3.8, 4) is 5.75 Å². The normalized spacial score (nSPS) is 11.2. The third-order valence-corrected chi connectivity index (χ3v) is 4.71. The minimum atomic E-state index is -3.56. The van der Waals surface area contributed by atoms with Gasteiger partial charge in [-0.2, -0.15) is 8.42 Å². The van der Waals surface area contributed by atoms with E-state index in [9.17, 15) is 13.2 Å². The van der Waals surface area contributed by atoms with Crippen LogP contribution in [0.25, 0.3) is 0 Å². The molecule has 6 nitrogen and oxygen atoms in total. The number of methoxy groups -OCH3 is 1. The molecular weight excluding hydrogens is 378 g/mol. The van der Waals surface area contributed by atoms with E-state index >= 15 is 0 Å². The van der Waals surface area contributed by atoms with E-state index in [2.05, 4.69) is 6.92 Å². The number of aryl methyl sites for hydroxylation is 1. The molecule has 0 fully saturated rings. The van der Waals surface area contributed by atoms with Gasteiger partial charge in [0.25, 0.3) is 5.91 Å². The fraction of sp³-hybridized carbons (Fsp3) is 0.381. The zero-order valence-electron chi connectivity index (χ0n) is 16.6. The SMILES string of the molecule is CCc1ccc(C(=O)N(CCCOC)Cc2ccc(OS(C)(=O)=O)cc2)cc1. The van der Waals surface area contributed by atoms with E-state index in [1.807, 2.05) is 24.3 Å². The Bertz CT molecular complexity index is 861. The first-order valence-electron chi connectivity index (χ1n) is 9.18. The molecule has 0 radical (unpaired) electrons. The van der Waals surface area contributed by atoms with Crippen LogP contribution < -0.4 is 4.18 Å². The number of rotatable bonds is 10. The van der Waals surface area contributed by atoms with Crippen molar-refractivity contribution >= 4 is 16.0 Å². The van der Waals surface area contributed by atoms with Crippen molar-refractivity contribution in [3.05, 3.63) is 65.2 Å². The molecule has 0 heterocycles. The maximum atomic E-state index is 13.0. The first-order valence-corrected chi connectivity index (χ1v) is 11.0. The molecular formula is C21H27NO5S. The molecule has 0 aliphatic rings. The lowest BCUT2D eigenvalue weighted by atomic mass is 10.1. The Balaban J connectivity index is 2.14. The zero-order valence-corrected chi connectivity index (χ0v) is 17.4. The molecule has 0 spiro atoms. The summed E-state index contributed by atoms with van der Waals surface area (Å²) in [5.41, 5.74) is 2.72. The summed E-state index contributed by atoms with van der Waals surface area (Å²) in [6, 6.07) is 14.3. The quantitative estimate of drug-likeness (QED) is 0.448. The van der Waals surface area contributed by atoms with Gasteiger partial charge in [0.2, 0.25) is 0 Å². The summed E-state index contributed by atoms with van der Waals surface area (Å²) in [6.07, 6.45) is 2.65. The van der Waals surface area contributed by atoms with Crippen LogP contribution in [0.4, 0.5) is 0 Å². The number of amides is 1. The van der Waals surface area contributed by atoms with Crippen LogP contribution in [0.1, 0.15) is 34.8 Å². The topological polar surface area (TPSA) is 72.9 Å². The summed E-state index contributed by atoms with van der Waals surface area (Å²) in [5.74, 6) is 0.203. The van der Waals surface area contributed by atoms with Gasteiger partial charge in [0.15, 0.2) is 0 Å². The molecule has 0 saturated carbocycles. The molecule has 0 N–H and O–H groups in total. The Morgan fingerprint density at radius 1 is 1.00 bits per heavy atom. The van der Waals surface area contributed by atoms with Crippen LogP contribution in [-0.4, -0.2) is 45.7 Å². The van der Waals surface area contributed by atoms with Crippen LogP contribution in [0.2, 0.25) is 0 Å². The average Bonchev–Trinajstić information content (AvgIpc) is 2.67. The van der Waals surface area contributed by atoms with E-state index in [4.69, 9.17) is 8.92 Å². The van der Waals surface area contributed by atoms with E-state index in [0.717, 1.165) is 24.7 Å². The molecule has 0 unspecified atom stereocenters. The van der Waals surface area contributed by atoms with E-state index in [-0.39, 0.29) is 11.7 Å². The predicted octanol–water partition coefficient (Wildman–Crippen LogP) is 3.27. The highest BCUT2D eigenvalue weighted by Gasteiger charge is 2.16. The second kappa shape index (κ2) is 10.2. The van der Waals surface area contributed by atoms with Crippen molar-refractivity contribution in [2.45, 2.75) is 26.3 Å². The van der Waals surface area contributed by atoms with Crippen molar-refractivity contribution in [2.75, 3.05) is 26.5 Å². The Kier molecular flexibility index (Phi) is 8.02. The van der Waals surface area contributed by atoms with Gasteiger partial charge in [0.1, 0.15) is 5.75 Å². The van der Waals surface area contributed by atoms with Gasteiger partial charge in [-0.15, -0.1) is 0 Å². The third kappa shape index (κ3) is 6.98. The first-order chi connectivity index (χ1) is 13.3. The van der Waals surface area contributed by atoms with Gasteiger partial charge >= 0.3 is 10.1 Å². The van der Waals surface area contributed by atoms with Crippen molar-refractivity contribution in [2.24, 2.45) is 0 Å². The van der Waals surface area contributed by atoms with Crippen molar-refractivity contribution in [1.29, 1.82) is 0 Å². The van der Waals surface area contributed by atoms with Gasteiger partial charge < -0.3 is 13.8 Å². The summed E-state index contributed by atoms with van der Waals surface area (Å²) in [6.45, 7) is 3.62. The minimum Gasteiger partial charge on any atom is -0.385 e. The van der Waals surface area contributed by atoms with Crippen LogP contribution in [0.15, 0.2) is 48.5 Å².